The van der Waals surface area contributed by atoms with Crippen LogP contribution in [0.4, 0.5) is 4.79 Å². The maximum Gasteiger partial charge on any atom is 0.407 e. The van der Waals surface area contributed by atoms with Crippen LogP contribution in [0.2, 0.25) is 0 Å². The van der Waals surface area contributed by atoms with Gasteiger partial charge in [0.05, 0.1) is 18.4 Å². The van der Waals surface area contributed by atoms with Crippen molar-refractivity contribution in [3.8, 4) is 11.5 Å². The Kier molecular flexibility index (Phi) is 2.35. The fraction of sp³-hybridized carbons (Fsp3) is 0.462. The van der Waals surface area contributed by atoms with E-state index in [9.17, 15) is 9.90 Å². The SMILES string of the molecule is O=C(O)N1CCc2nn3c(c2C1)-c1oncc1CCC3. The van der Waals surface area contributed by atoms with Gasteiger partial charge in [-0.25, -0.2) is 4.79 Å². The molecule has 1 amide bonds. The van der Waals surface area contributed by atoms with Gasteiger partial charge in [0.25, 0.3) is 0 Å². The van der Waals surface area contributed by atoms with Crippen molar-refractivity contribution in [2.75, 3.05) is 6.54 Å². The first kappa shape index (κ1) is 11.5. The molecule has 2 aliphatic heterocycles. The predicted molar refractivity (Wildman–Crippen MR) is 68.2 cm³/mol. The molecule has 0 radical (unpaired) electrons. The minimum Gasteiger partial charge on any atom is -0.465 e. The number of amides is 1. The normalized spacial score (nSPS) is 17.1. The second kappa shape index (κ2) is 4.09. The van der Waals surface area contributed by atoms with E-state index in [1.54, 1.807) is 6.20 Å². The molecule has 0 aromatic carbocycles. The minimum atomic E-state index is -0.887. The van der Waals surface area contributed by atoms with Crippen LogP contribution in [0.5, 0.6) is 0 Å². The summed E-state index contributed by atoms with van der Waals surface area (Å²) >= 11 is 0. The summed E-state index contributed by atoms with van der Waals surface area (Å²) in [6.45, 7) is 1.71. The Morgan fingerprint density at radius 2 is 2.25 bits per heavy atom. The lowest BCUT2D eigenvalue weighted by molar-refractivity contribution is 0.140. The van der Waals surface area contributed by atoms with Gasteiger partial charge in [0.1, 0.15) is 5.69 Å². The molecule has 2 aromatic heterocycles. The van der Waals surface area contributed by atoms with E-state index in [0.29, 0.717) is 19.5 Å². The highest BCUT2D eigenvalue weighted by atomic mass is 16.5. The lowest BCUT2D eigenvalue weighted by Crippen LogP contribution is -2.34. The molecule has 0 atom stereocenters. The number of rotatable bonds is 0. The Labute approximate surface area is 114 Å². The maximum atomic E-state index is 11.2. The van der Waals surface area contributed by atoms with Crippen molar-refractivity contribution >= 4 is 6.09 Å². The molecule has 7 nitrogen and oxygen atoms in total. The molecule has 0 aliphatic carbocycles. The zero-order valence-electron chi connectivity index (χ0n) is 10.9. The molecule has 0 unspecified atom stereocenters. The smallest absolute Gasteiger partial charge is 0.407 e. The van der Waals surface area contributed by atoms with Crippen LogP contribution in [0.3, 0.4) is 0 Å². The Hall–Kier alpha value is -2.31. The van der Waals surface area contributed by atoms with E-state index in [4.69, 9.17) is 4.52 Å². The summed E-state index contributed by atoms with van der Waals surface area (Å²) < 4.78 is 7.36. The van der Waals surface area contributed by atoms with E-state index in [0.717, 1.165) is 47.7 Å². The molecular weight excluding hydrogens is 260 g/mol. The highest BCUT2D eigenvalue weighted by Gasteiger charge is 2.31. The minimum absolute atomic E-state index is 0.375. The number of hydrogen-bond acceptors (Lipinski definition) is 4. The van der Waals surface area contributed by atoms with Gasteiger partial charge in [0.2, 0.25) is 0 Å². The highest BCUT2D eigenvalue weighted by molar-refractivity contribution is 5.68. The first-order valence-corrected chi connectivity index (χ1v) is 6.74. The molecule has 1 N–H and O–H groups in total. The number of carboxylic acid groups (broad SMARTS) is 1. The van der Waals surface area contributed by atoms with Crippen molar-refractivity contribution in [2.24, 2.45) is 0 Å². The van der Waals surface area contributed by atoms with Crippen LogP contribution < -0.4 is 0 Å². The number of nitrogens with zero attached hydrogens (tertiary/aromatic N) is 4. The maximum absolute atomic E-state index is 11.2. The Bertz CT molecular complexity index is 688. The molecule has 4 rings (SSSR count). The van der Waals surface area contributed by atoms with Crippen LogP contribution in [0.15, 0.2) is 10.7 Å². The van der Waals surface area contributed by atoms with Crippen molar-refractivity contribution in [3.63, 3.8) is 0 Å². The summed E-state index contributed by atoms with van der Waals surface area (Å²) in [6, 6.07) is 0. The quantitative estimate of drug-likeness (QED) is 0.787. The molecule has 4 heterocycles. The van der Waals surface area contributed by atoms with Gasteiger partial charge in [0, 0.05) is 30.6 Å². The number of hydrogen-bond donors (Lipinski definition) is 1. The second-order valence-electron chi connectivity index (χ2n) is 5.23. The third-order valence-electron chi connectivity index (χ3n) is 4.05. The predicted octanol–water partition coefficient (Wildman–Crippen LogP) is 1.52. The molecule has 2 aromatic rings. The second-order valence-corrected chi connectivity index (χ2v) is 5.23. The molecular formula is C13H14N4O3. The van der Waals surface area contributed by atoms with Crippen molar-refractivity contribution in [1.29, 1.82) is 0 Å². The number of fused-ring (bicyclic) bond motifs is 5. The molecule has 0 saturated carbocycles. The molecule has 104 valence electrons. The number of aromatic nitrogens is 3. The van der Waals surface area contributed by atoms with E-state index in [1.807, 2.05) is 4.68 Å². The van der Waals surface area contributed by atoms with Crippen LogP contribution in [0.25, 0.3) is 11.5 Å². The van der Waals surface area contributed by atoms with Crippen molar-refractivity contribution in [1.82, 2.24) is 19.8 Å². The van der Waals surface area contributed by atoms with Gasteiger partial charge in [-0.1, -0.05) is 5.16 Å². The molecule has 0 bridgehead atoms. The first-order chi connectivity index (χ1) is 9.74. The molecule has 7 heteroatoms. The zero-order chi connectivity index (χ0) is 13.7. The topological polar surface area (TPSA) is 84.4 Å². The van der Waals surface area contributed by atoms with Gasteiger partial charge in [-0.3, -0.25) is 4.68 Å². The molecule has 2 aliphatic rings. The van der Waals surface area contributed by atoms with Crippen molar-refractivity contribution in [2.45, 2.75) is 32.4 Å². The Balaban J connectivity index is 1.87. The van der Waals surface area contributed by atoms with Gasteiger partial charge in [-0.15, -0.1) is 0 Å². The van der Waals surface area contributed by atoms with Gasteiger partial charge in [0.15, 0.2) is 5.76 Å². The standard InChI is InChI=1S/C13H14N4O3/c18-13(19)16-5-3-10-9(7-16)11-12-8(6-14-20-12)2-1-4-17(11)15-10/h6H,1-5,7H2,(H,18,19). The van der Waals surface area contributed by atoms with Gasteiger partial charge in [-0.05, 0) is 12.8 Å². The Morgan fingerprint density at radius 1 is 1.35 bits per heavy atom. The summed E-state index contributed by atoms with van der Waals surface area (Å²) in [4.78, 5) is 12.6. The molecule has 20 heavy (non-hydrogen) atoms. The third-order valence-corrected chi connectivity index (χ3v) is 4.05. The fourth-order valence-corrected chi connectivity index (χ4v) is 3.06. The average Bonchev–Trinajstić information content (AvgIpc) is 2.98. The third kappa shape index (κ3) is 1.55. The first-order valence-electron chi connectivity index (χ1n) is 6.74. The van der Waals surface area contributed by atoms with Crippen molar-refractivity contribution in [3.05, 3.63) is 23.0 Å². The molecule has 0 saturated heterocycles. The van der Waals surface area contributed by atoms with Crippen LogP contribution in [0.1, 0.15) is 23.2 Å². The van der Waals surface area contributed by atoms with E-state index in [-0.39, 0.29) is 0 Å². The monoisotopic (exact) mass is 274 g/mol. The number of aryl methyl sites for hydroxylation is 2. The van der Waals surface area contributed by atoms with E-state index < -0.39 is 6.09 Å². The van der Waals surface area contributed by atoms with Crippen LogP contribution in [-0.4, -0.2) is 37.6 Å². The summed E-state index contributed by atoms with van der Waals surface area (Å²) in [6.07, 6.45) is 3.43. The van der Waals surface area contributed by atoms with Gasteiger partial charge in [-0.2, -0.15) is 5.10 Å². The highest BCUT2D eigenvalue weighted by Crippen LogP contribution is 2.35. The summed E-state index contributed by atoms with van der Waals surface area (Å²) in [5.41, 5.74) is 3.95. The van der Waals surface area contributed by atoms with Crippen LogP contribution in [0, 0.1) is 0 Å². The summed E-state index contributed by atoms with van der Waals surface area (Å²) in [5, 5.41) is 17.7. The lowest BCUT2D eigenvalue weighted by atomic mass is 10.0. The Morgan fingerprint density at radius 3 is 3.10 bits per heavy atom. The molecule has 0 fully saturated rings. The van der Waals surface area contributed by atoms with E-state index >= 15 is 0 Å². The molecule has 0 spiro atoms. The summed E-state index contributed by atoms with van der Waals surface area (Å²) in [5.74, 6) is 0.753. The van der Waals surface area contributed by atoms with E-state index in [1.165, 1.54) is 4.90 Å². The van der Waals surface area contributed by atoms with E-state index in [2.05, 4.69) is 10.3 Å². The van der Waals surface area contributed by atoms with Crippen LogP contribution >= 0.6 is 0 Å². The summed E-state index contributed by atoms with van der Waals surface area (Å²) in [7, 11) is 0. The lowest BCUT2D eigenvalue weighted by Gasteiger charge is -2.23. The fourth-order valence-electron chi connectivity index (χ4n) is 3.06. The zero-order valence-corrected chi connectivity index (χ0v) is 10.9. The van der Waals surface area contributed by atoms with Gasteiger partial charge >= 0.3 is 6.09 Å². The van der Waals surface area contributed by atoms with Crippen LogP contribution in [-0.2, 0) is 25.9 Å². The largest absolute Gasteiger partial charge is 0.465 e. The number of carbonyl (C=O) groups is 1. The van der Waals surface area contributed by atoms with Gasteiger partial charge < -0.3 is 14.5 Å². The van der Waals surface area contributed by atoms with Crippen molar-refractivity contribution < 1.29 is 14.4 Å². The average molecular weight is 274 g/mol.